The molecule has 1 N–H and O–H groups in total. The highest BCUT2D eigenvalue weighted by atomic mass is 35.5. The third-order valence-electron chi connectivity index (χ3n) is 3.34. The molecule has 0 aromatic heterocycles. The number of carbonyl (C=O) groups excluding carboxylic acids is 1. The summed E-state index contributed by atoms with van der Waals surface area (Å²) in [7, 11) is -3.50. The predicted octanol–water partition coefficient (Wildman–Crippen LogP) is 4.33. The van der Waals surface area contributed by atoms with Crippen LogP contribution in [-0.4, -0.2) is 27.2 Å². The van der Waals surface area contributed by atoms with Gasteiger partial charge in [0.2, 0.25) is 5.91 Å². The normalized spacial score (nSPS) is 11.2. The number of hydrogen-bond donors (Lipinski definition) is 1. The Morgan fingerprint density at radius 3 is 2.58 bits per heavy atom. The average molecular weight is 420 g/mol. The summed E-state index contributed by atoms with van der Waals surface area (Å²) < 4.78 is 42.2. The molecular formula is C17H16Cl2FNO4S. The van der Waals surface area contributed by atoms with Crippen LogP contribution >= 0.6 is 23.2 Å². The zero-order valence-electron chi connectivity index (χ0n) is 13.8. The van der Waals surface area contributed by atoms with Gasteiger partial charge in [0.05, 0.1) is 22.2 Å². The molecule has 2 aromatic rings. The number of amides is 1. The first-order chi connectivity index (χ1) is 12.2. The lowest BCUT2D eigenvalue weighted by atomic mass is 10.2. The van der Waals surface area contributed by atoms with Gasteiger partial charge >= 0.3 is 0 Å². The van der Waals surface area contributed by atoms with E-state index in [4.69, 9.17) is 27.9 Å². The minimum Gasteiger partial charge on any atom is -0.492 e. The number of nitrogens with one attached hydrogen (secondary N) is 1. The Hall–Kier alpha value is -1.83. The number of rotatable bonds is 7. The molecule has 0 radical (unpaired) electrons. The van der Waals surface area contributed by atoms with Crippen molar-refractivity contribution < 1.29 is 22.3 Å². The molecule has 0 spiro atoms. The van der Waals surface area contributed by atoms with E-state index in [-0.39, 0.29) is 23.6 Å². The SMILES string of the molecule is CS(=O)(=O)c1ccc(F)c(NC(=O)CCCOc2ccc(Cl)cc2Cl)c1. The third-order valence-corrected chi connectivity index (χ3v) is 4.98. The molecule has 0 aliphatic carbocycles. The van der Waals surface area contributed by atoms with E-state index in [9.17, 15) is 17.6 Å². The molecule has 0 aliphatic heterocycles. The summed E-state index contributed by atoms with van der Waals surface area (Å²) in [6.45, 7) is 0.223. The molecule has 0 unspecified atom stereocenters. The molecule has 140 valence electrons. The average Bonchev–Trinajstić information content (AvgIpc) is 2.54. The summed E-state index contributed by atoms with van der Waals surface area (Å²) in [5.41, 5.74) is -0.181. The zero-order chi connectivity index (χ0) is 19.3. The highest BCUT2D eigenvalue weighted by Crippen LogP contribution is 2.27. The van der Waals surface area contributed by atoms with Crippen LogP contribution in [0.15, 0.2) is 41.3 Å². The maximum absolute atomic E-state index is 13.7. The van der Waals surface area contributed by atoms with Crippen LogP contribution in [0.1, 0.15) is 12.8 Å². The second kappa shape index (κ2) is 8.70. The molecule has 0 aliphatic rings. The Kier molecular flexibility index (Phi) is 6.86. The fourth-order valence-corrected chi connectivity index (χ4v) is 3.16. The first-order valence-corrected chi connectivity index (χ1v) is 10.2. The van der Waals surface area contributed by atoms with Crippen molar-refractivity contribution in [3.8, 4) is 5.75 Å². The van der Waals surface area contributed by atoms with Crippen LogP contribution in [0, 0.1) is 5.82 Å². The predicted molar refractivity (Wildman–Crippen MR) is 99.3 cm³/mol. The van der Waals surface area contributed by atoms with Gasteiger partial charge in [-0.2, -0.15) is 0 Å². The van der Waals surface area contributed by atoms with E-state index in [0.29, 0.717) is 22.2 Å². The summed E-state index contributed by atoms with van der Waals surface area (Å²) in [4.78, 5) is 11.8. The Bertz CT molecular complexity index is 919. The van der Waals surface area contributed by atoms with E-state index in [1.807, 2.05) is 0 Å². The van der Waals surface area contributed by atoms with Gasteiger partial charge < -0.3 is 10.1 Å². The standard InChI is InChI=1S/C17H16Cl2FNO4S/c1-26(23,24)12-5-6-14(20)15(10-12)21-17(22)3-2-8-25-16-7-4-11(18)9-13(16)19/h4-7,9-10H,2-3,8H2,1H3,(H,21,22). The van der Waals surface area contributed by atoms with Gasteiger partial charge in [0.25, 0.3) is 0 Å². The van der Waals surface area contributed by atoms with Gasteiger partial charge in [-0.25, -0.2) is 12.8 Å². The molecular weight excluding hydrogens is 404 g/mol. The monoisotopic (exact) mass is 419 g/mol. The van der Waals surface area contributed by atoms with Crippen molar-refractivity contribution in [2.24, 2.45) is 0 Å². The number of sulfone groups is 1. The Labute approximate surface area is 161 Å². The lowest BCUT2D eigenvalue weighted by Gasteiger charge is -2.10. The number of benzene rings is 2. The van der Waals surface area contributed by atoms with Gasteiger partial charge in [0.15, 0.2) is 9.84 Å². The second-order valence-electron chi connectivity index (χ2n) is 5.49. The molecule has 9 heteroatoms. The third kappa shape index (κ3) is 5.86. The second-order valence-corrected chi connectivity index (χ2v) is 8.35. The van der Waals surface area contributed by atoms with Gasteiger partial charge in [0, 0.05) is 17.7 Å². The first kappa shape index (κ1) is 20.5. The van der Waals surface area contributed by atoms with Crippen molar-refractivity contribution in [1.29, 1.82) is 0 Å². The van der Waals surface area contributed by atoms with E-state index < -0.39 is 21.6 Å². The topological polar surface area (TPSA) is 72.5 Å². The van der Waals surface area contributed by atoms with Gasteiger partial charge in [-0.05, 0) is 42.8 Å². The molecule has 5 nitrogen and oxygen atoms in total. The van der Waals surface area contributed by atoms with E-state index in [1.54, 1.807) is 18.2 Å². The maximum atomic E-state index is 13.7. The lowest BCUT2D eigenvalue weighted by Crippen LogP contribution is -2.14. The van der Waals surface area contributed by atoms with Crippen LogP contribution in [0.5, 0.6) is 5.75 Å². The molecule has 0 heterocycles. The minimum atomic E-state index is -3.50. The first-order valence-electron chi connectivity index (χ1n) is 7.54. The number of halogens is 3. The number of hydrogen-bond acceptors (Lipinski definition) is 4. The van der Waals surface area contributed by atoms with Gasteiger partial charge in [0.1, 0.15) is 11.6 Å². The molecule has 0 bridgehead atoms. The van der Waals surface area contributed by atoms with Crippen molar-refractivity contribution in [2.45, 2.75) is 17.7 Å². The van der Waals surface area contributed by atoms with Crippen LogP contribution in [0.3, 0.4) is 0 Å². The van der Waals surface area contributed by atoms with Crippen molar-refractivity contribution in [3.63, 3.8) is 0 Å². The molecule has 26 heavy (non-hydrogen) atoms. The molecule has 0 fully saturated rings. The summed E-state index contributed by atoms with van der Waals surface area (Å²) in [6, 6.07) is 8.03. The van der Waals surface area contributed by atoms with Crippen molar-refractivity contribution >= 4 is 44.6 Å². The smallest absolute Gasteiger partial charge is 0.224 e. The van der Waals surface area contributed by atoms with Crippen molar-refractivity contribution in [3.05, 3.63) is 52.3 Å². The minimum absolute atomic E-state index is 0.0632. The fraction of sp³-hybridized carbons (Fsp3) is 0.235. The van der Waals surface area contributed by atoms with E-state index in [2.05, 4.69) is 5.32 Å². The van der Waals surface area contributed by atoms with Crippen LogP contribution in [0.25, 0.3) is 0 Å². The van der Waals surface area contributed by atoms with Gasteiger partial charge in [-0.15, -0.1) is 0 Å². The number of carbonyl (C=O) groups is 1. The summed E-state index contributed by atoms with van der Waals surface area (Å²) in [6.07, 6.45) is 1.43. The number of ether oxygens (including phenoxy) is 1. The highest BCUT2D eigenvalue weighted by molar-refractivity contribution is 7.90. The Balaban J connectivity index is 1.87. The maximum Gasteiger partial charge on any atom is 0.224 e. The van der Waals surface area contributed by atoms with E-state index >= 15 is 0 Å². The molecule has 2 aromatic carbocycles. The molecule has 2 rings (SSSR count). The largest absolute Gasteiger partial charge is 0.492 e. The van der Waals surface area contributed by atoms with Crippen LogP contribution in [0.4, 0.5) is 10.1 Å². The van der Waals surface area contributed by atoms with Crippen molar-refractivity contribution in [1.82, 2.24) is 0 Å². The van der Waals surface area contributed by atoms with Crippen LogP contribution in [0.2, 0.25) is 10.0 Å². The summed E-state index contributed by atoms with van der Waals surface area (Å²) in [5, 5.41) is 3.21. The van der Waals surface area contributed by atoms with Crippen LogP contribution < -0.4 is 10.1 Å². The van der Waals surface area contributed by atoms with E-state index in [0.717, 1.165) is 24.5 Å². The summed E-state index contributed by atoms with van der Waals surface area (Å²) >= 11 is 11.8. The van der Waals surface area contributed by atoms with Crippen LogP contribution in [-0.2, 0) is 14.6 Å². The molecule has 0 saturated heterocycles. The Morgan fingerprint density at radius 1 is 1.19 bits per heavy atom. The van der Waals surface area contributed by atoms with Crippen molar-refractivity contribution in [2.75, 3.05) is 18.2 Å². The molecule has 0 atom stereocenters. The van der Waals surface area contributed by atoms with Gasteiger partial charge in [-0.1, -0.05) is 23.2 Å². The Morgan fingerprint density at radius 2 is 1.92 bits per heavy atom. The van der Waals surface area contributed by atoms with E-state index in [1.165, 1.54) is 0 Å². The highest BCUT2D eigenvalue weighted by Gasteiger charge is 2.13. The number of anilines is 1. The molecule has 1 amide bonds. The fourth-order valence-electron chi connectivity index (χ4n) is 2.05. The van der Waals surface area contributed by atoms with Gasteiger partial charge in [-0.3, -0.25) is 4.79 Å². The quantitative estimate of drug-likeness (QED) is 0.535. The lowest BCUT2D eigenvalue weighted by molar-refractivity contribution is -0.116. The zero-order valence-corrected chi connectivity index (χ0v) is 16.1. The molecule has 0 saturated carbocycles. The summed E-state index contributed by atoms with van der Waals surface area (Å²) in [5.74, 6) is -0.723.